The first-order valence-corrected chi connectivity index (χ1v) is 11.2. The van der Waals surface area contributed by atoms with E-state index in [1.54, 1.807) is 18.2 Å². The fourth-order valence-corrected chi connectivity index (χ4v) is 4.67. The van der Waals surface area contributed by atoms with Crippen molar-refractivity contribution in [2.75, 3.05) is 11.9 Å². The number of aromatic amines is 1. The summed E-state index contributed by atoms with van der Waals surface area (Å²) in [4.78, 5) is 38.9. The Morgan fingerprint density at radius 2 is 2.22 bits per heavy atom. The van der Waals surface area contributed by atoms with Crippen LogP contribution in [0.3, 0.4) is 0 Å². The number of imidazole rings is 1. The van der Waals surface area contributed by atoms with E-state index in [1.165, 1.54) is 29.7 Å². The highest BCUT2D eigenvalue weighted by Crippen LogP contribution is 2.32. The van der Waals surface area contributed by atoms with Crippen LogP contribution in [0.5, 0.6) is 0 Å². The molecule has 1 saturated heterocycles. The lowest BCUT2D eigenvalue weighted by Gasteiger charge is -2.23. The van der Waals surface area contributed by atoms with Gasteiger partial charge < -0.3 is 14.3 Å². The van der Waals surface area contributed by atoms with Crippen molar-refractivity contribution in [2.24, 2.45) is 0 Å². The Hall–Kier alpha value is -3.53. The molecular formula is C22H20FN5O3S. The van der Waals surface area contributed by atoms with E-state index >= 15 is 0 Å². The number of benzene rings is 1. The van der Waals surface area contributed by atoms with Crippen molar-refractivity contribution in [1.29, 1.82) is 0 Å². The third-order valence-corrected chi connectivity index (χ3v) is 6.27. The van der Waals surface area contributed by atoms with Gasteiger partial charge in [0.2, 0.25) is 5.91 Å². The summed E-state index contributed by atoms with van der Waals surface area (Å²) in [7, 11) is 0. The lowest BCUT2D eigenvalue weighted by Crippen LogP contribution is -2.31. The second-order valence-electron chi connectivity index (χ2n) is 7.60. The molecule has 32 heavy (non-hydrogen) atoms. The Morgan fingerprint density at radius 1 is 1.31 bits per heavy atom. The average molecular weight is 453 g/mol. The summed E-state index contributed by atoms with van der Waals surface area (Å²) < 4.78 is 18.6. The van der Waals surface area contributed by atoms with Gasteiger partial charge in [0.1, 0.15) is 11.6 Å². The SMILES string of the molecule is O=C(Nc1nc(CCC(=O)N2CCCC2c2nc3ccc(F)cc3[nH]2)cs1)c1ccco1. The number of anilines is 1. The zero-order valence-electron chi connectivity index (χ0n) is 17.0. The predicted molar refractivity (Wildman–Crippen MR) is 117 cm³/mol. The van der Waals surface area contributed by atoms with Gasteiger partial charge in [-0.1, -0.05) is 0 Å². The molecule has 2 N–H and O–H groups in total. The van der Waals surface area contributed by atoms with Gasteiger partial charge in [-0.2, -0.15) is 0 Å². The molecule has 5 rings (SSSR count). The minimum atomic E-state index is -0.363. The zero-order chi connectivity index (χ0) is 22.1. The number of H-pyrrole nitrogens is 1. The molecule has 164 valence electrons. The van der Waals surface area contributed by atoms with Crippen LogP contribution >= 0.6 is 11.3 Å². The molecule has 10 heteroatoms. The molecule has 0 bridgehead atoms. The Morgan fingerprint density at radius 3 is 3.06 bits per heavy atom. The molecule has 4 heterocycles. The van der Waals surface area contributed by atoms with Crippen molar-refractivity contribution < 1.29 is 18.4 Å². The second-order valence-corrected chi connectivity index (χ2v) is 8.46. The van der Waals surface area contributed by atoms with Gasteiger partial charge in [0.05, 0.1) is 29.0 Å². The van der Waals surface area contributed by atoms with Crippen LogP contribution in [0.4, 0.5) is 9.52 Å². The molecule has 4 aromatic rings. The van der Waals surface area contributed by atoms with Crippen molar-refractivity contribution in [3.05, 3.63) is 65.1 Å². The van der Waals surface area contributed by atoms with Gasteiger partial charge in [0, 0.05) is 18.3 Å². The van der Waals surface area contributed by atoms with Crippen LogP contribution < -0.4 is 5.32 Å². The highest BCUT2D eigenvalue weighted by atomic mass is 32.1. The van der Waals surface area contributed by atoms with Crippen molar-refractivity contribution in [3.8, 4) is 0 Å². The maximum absolute atomic E-state index is 13.5. The molecule has 0 spiro atoms. The summed E-state index contributed by atoms with van der Waals surface area (Å²) in [5, 5.41) is 4.99. The number of hydrogen-bond donors (Lipinski definition) is 2. The number of carbonyl (C=O) groups is 2. The lowest BCUT2D eigenvalue weighted by molar-refractivity contribution is -0.132. The molecule has 1 atom stereocenters. The zero-order valence-corrected chi connectivity index (χ0v) is 17.8. The number of nitrogens with one attached hydrogen (secondary N) is 2. The second kappa shape index (κ2) is 8.54. The average Bonchev–Trinajstić information content (AvgIpc) is 3.58. The first kappa shape index (κ1) is 20.4. The first-order valence-electron chi connectivity index (χ1n) is 10.3. The van der Waals surface area contributed by atoms with E-state index in [2.05, 4.69) is 20.3 Å². The Labute approximate surface area is 186 Å². The molecule has 1 aliphatic rings. The fourth-order valence-electron chi connectivity index (χ4n) is 3.93. The summed E-state index contributed by atoms with van der Waals surface area (Å²) in [6, 6.07) is 7.50. The van der Waals surface area contributed by atoms with Gasteiger partial charge in [0.15, 0.2) is 10.9 Å². The van der Waals surface area contributed by atoms with E-state index < -0.39 is 0 Å². The van der Waals surface area contributed by atoms with Crippen molar-refractivity contribution in [3.63, 3.8) is 0 Å². The largest absolute Gasteiger partial charge is 0.459 e. The van der Waals surface area contributed by atoms with E-state index in [4.69, 9.17) is 4.42 Å². The number of fused-ring (bicyclic) bond motifs is 1. The maximum Gasteiger partial charge on any atom is 0.293 e. The van der Waals surface area contributed by atoms with Gasteiger partial charge >= 0.3 is 0 Å². The fraction of sp³-hybridized carbons (Fsp3) is 0.273. The van der Waals surface area contributed by atoms with Gasteiger partial charge in [0.25, 0.3) is 5.91 Å². The number of hydrogen-bond acceptors (Lipinski definition) is 6. The third-order valence-electron chi connectivity index (χ3n) is 5.46. The van der Waals surface area contributed by atoms with Crippen molar-refractivity contribution >= 4 is 39.3 Å². The summed E-state index contributed by atoms with van der Waals surface area (Å²) >= 11 is 1.30. The normalized spacial score (nSPS) is 16.0. The number of carbonyl (C=O) groups excluding carboxylic acids is 2. The maximum atomic E-state index is 13.5. The molecule has 1 fully saturated rings. The van der Waals surface area contributed by atoms with Gasteiger partial charge in [-0.25, -0.2) is 14.4 Å². The number of nitrogens with zero attached hydrogens (tertiary/aromatic N) is 3. The first-order chi connectivity index (χ1) is 15.6. The smallest absolute Gasteiger partial charge is 0.293 e. The molecule has 0 aliphatic carbocycles. The molecule has 8 nitrogen and oxygen atoms in total. The molecule has 1 aromatic carbocycles. The Balaban J connectivity index is 1.21. The van der Waals surface area contributed by atoms with Gasteiger partial charge in [-0.15, -0.1) is 11.3 Å². The number of halogens is 1. The summed E-state index contributed by atoms with van der Waals surface area (Å²) in [5.41, 5.74) is 2.06. The molecule has 0 saturated carbocycles. The minimum Gasteiger partial charge on any atom is -0.459 e. The standard InChI is InChI=1S/C22H20FN5O3S/c23-13-5-7-15-16(11-13)26-20(25-15)17-3-1-9-28(17)19(29)8-6-14-12-32-22(24-14)27-21(30)18-4-2-10-31-18/h2,4-5,7,10-12,17H,1,3,6,8-9H2,(H,25,26)(H,24,27,30). The third kappa shape index (κ3) is 4.13. The van der Waals surface area contributed by atoms with Crippen molar-refractivity contribution in [2.45, 2.75) is 31.7 Å². The summed E-state index contributed by atoms with van der Waals surface area (Å²) in [5.74, 6) is 0.235. The van der Waals surface area contributed by atoms with Crippen LogP contribution in [0, 0.1) is 5.82 Å². The van der Waals surface area contributed by atoms with Gasteiger partial charge in [-0.05, 0) is 49.6 Å². The monoisotopic (exact) mass is 453 g/mol. The Bertz CT molecular complexity index is 1270. The molecule has 2 amide bonds. The topological polar surface area (TPSA) is 104 Å². The molecule has 0 radical (unpaired) electrons. The lowest BCUT2D eigenvalue weighted by atomic mass is 10.2. The molecule has 1 unspecified atom stereocenters. The quantitative estimate of drug-likeness (QED) is 0.453. The highest BCUT2D eigenvalue weighted by Gasteiger charge is 2.32. The number of aromatic nitrogens is 3. The highest BCUT2D eigenvalue weighted by molar-refractivity contribution is 7.13. The number of rotatable bonds is 6. The predicted octanol–water partition coefficient (Wildman–Crippen LogP) is 4.30. The minimum absolute atomic E-state index is 0.0216. The van der Waals surface area contributed by atoms with Crippen LogP contribution in [0.1, 0.15) is 47.4 Å². The van der Waals surface area contributed by atoms with E-state index in [0.29, 0.717) is 41.4 Å². The Kier molecular flexibility index (Phi) is 5.44. The van der Waals surface area contributed by atoms with E-state index in [1.807, 2.05) is 10.3 Å². The van der Waals surface area contributed by atoms with Crippen LogP contribution in [0.2, 0.25) is 0 Å². The van der Waals surface area contributed by atoms with Crippen LogP contribution in [0.25, 0.3) is 11.0 Å². The van der Waals surface area contributed by atoms with Gasteiger partial charge in [-0.3, -0.25) is 14.9 Å². The number of amides is 2. The number of thiazole rings is 1. The molecule has 3 aromatic heterocycles. The summed E-state index contributed by atoms with van der Waals surface area (Å²) in [6.45, 7) is 0.663. The van der Waals surface area contributed by atoms with E-state index in [-0.39, 0.29) is 29.4 Å². The number of aryl methyl sites for hydroxylation is 1. The van der Waals surface area contributed by atoms with Crippen molar-refractivity contribution in [1.82, 2.24) is 19.9 Å². The summed E-state index contributed by atoms with van der Waals surface area (Å²) in [6.07, 6.45) is 3.92. The van der Waals surface area contributed by atoms with E-state index in [0.717, 1.165) is 18.5 Å². The van der Waals surface area contributed by atoms with Crippen LogP contribution in [0.15, 0.2) is 46.4 Å². The van der Waals surface area contributed by atoms with Crippen LogP contribution in [-0.4, -0.2) is 38.2 Å². The molecule has 1 aliphatic heterocycles. The molecular weight excluding hydrogens is 433 g/mol. The number of furan rings is 1. The number of likely N-dealkylation sites (tertiary alicyclic amines) is 1. The van der Waals surface area contributed by atoms with E-state index in [9.17, 15) is 14.0 Å². The van der Waals surface area contributed by atoms with Crippen LogP contribution in [-0.2, 0) is 11.2 Å².